The van der Waals surface area contributed by atoms with Crippen molar-refractivity contribution in [1.82, 2.24) is 5.32 Å². The quantitative estimate of drug-likeness (QED) is 0.585. The Morgan fingerprint density at radius 1 is 0.947 bits per heavy atom. The molecule has 0 heterocycles. The van der Waals surface area contributed by atoms with Crippen molar-refractivity contribution in [1.29, 1.82) is 0 Å². The van der Waals surface area contributed by atoms with Gasteiger partial charge in [-0.2, -0.15) is 0 Å². The number of carbonyl (C=O) groups excluding carboxylic acids is 2. The molecule has 0 saturated heterocycles. The molecular weight excluding hydrogens is 246 g/mol. The highest BCUT2D eigenvalue weighted by Crippen LogP contribution is 2.09. The van der Waals surface area contributed by atoms with Crippen molar-refractivity contribution in [3.63, 3.8) is 0 Å². The molecule has 0 radical (unpaired) electrons. The molecule has 2 amide bonds. The fourth-order valence-electron chi connectivity index (χ4n) is 1.70. The summed E-state index contributed by atoms with van der Waals surface area (Å²) < 4.78 is 0. The van der Waals surface area contributed by atoms with E-state index >= 15 is 0 Å². The zero-order valence-electron chi connectivity index (χ0n) is 10.6. The van der Waals surface area contributed by atoms with Gasteiger partial charge in [-0.15, -0.1) is 0 Å². The van der Waals surface area contributed by atoms with Crippen LogP contribution in [0.5, 0.6) is 0 Å². The second-order valence-corrected chi connectivity index (χ2v) is 4.20. The van der Waals surface area contributed by atoms with Crippen LogP contribution in [0.2, 0.25) is 0 Å². The Morgan fingerprint density at radius 2 is 1.58 bits per heavy atom. The molecule has 0 spiro atoms. The lowest BCUT2D eigenvalue weighted by Crippen LogP contribution is -2.28. The second kappa shape index (κ2) is 8.02. The zero-order chi connectivity index (χ0) is 14.1. The number of carboxylic acid groups (broad SMARTS) is 1. The summed E-state index contributed by atoms with van der Waals surface area (Å²) in [5.74, 6) is -0.405. The Bertz CT molecular complexity index is 442. The molecular formula is C14H17NO4. The minimum absolute atomic E-state index is 0.0931. The number of carbonyl (C=O) groups is 3. The highest BCUT2D eigenvalue weighted by molar-refractivity contribution is 5.95. The van der Waals surface area contributed by atoms with E-state index < -0.39 is 12.0 Å². The van der Waals surface area contributed by atoms with E-state index in [1.54, 1.807) is 17.4 Å². The van der Waals surface area contributed by atoms with Gasteiger partial charge in [0.1, 0.15) is 0 Å². The van der Waals surface area contributed by atoms with Crippen LogP contribution in [0.25, 0.3) is 0 Å². The van der Waals surface area contributed by atoms with Gasteiger partial charge in [-0.3, -0.25) is 14.9 Å². The summed E-state index contributed by atoms with van der Waals surface area (Å²) in [6.45, 7) is 0. The van der Waals surface area contributed by atoms with Gasteiger partial charge in [-0.1, -0.05) is 36.8 Å². The van der Waals surface area contributed by atoms with E-state index in [1.165, 1.54) is 0 Å². The van der Waals surface area contributed by atoms with Crippen molar-refractivity contribution in [2.45, 2.75) is 32.1 Å². The summed E-state index contributed by atoms with van der Waals surface area (Å²) >= 11 is 0. The summed E-state index contributed by atoms with van der Waals surface area (Å²) in [7, 11) is 0. The maximum absolute atomic E-state index is 11.7. The highest BCUT2D eigenvalue weighted by atomic mass is 16.4. The molecule has 0 fully saturated rings. The van der Waals surface area contributed by atoms with Crippen molar-refractivity contribution in [2.24, 2.45) is 0 Å². The van der Waals surface area contributed by atoms with E-state index in [0.29, 0.717) is 24.8 Å². The van der Waals surface area contributed by atoms with Crippen molar-refractivity contribution in [3.05, 3.63) is 35.9 Å². The fourth-order valence-corrected chi connectivity index (χ4v) is 1.70. The first-order valence-corrected chi connectivity index (χ1v) is 6.20. The van der Waals surface area contributed by atoms with Crippen LogP contribution < -0.4 is 5.32 Å². The number of rotatable bonds is 7. The second-order valence-electron chi connectivity index (χ2n) is 4.20. The van der Waals surface area contributed by atoms with Crippen LogP contribution in [-0.4, -0.2) is 22.9 Å². The Morgan fingerprint density at radius 3 is 2.21 bits per heavy atom. The van der Waals surface area contributed by atoms with Crippen LogP contribution in [0.1, 0.15) is 42.5 Å². The molecule has 1 rings (SSSR count). The lowest BCUT2D eigenvalue weighted by Gasteiger charge is -2.02. The first-order valence-electron chi connectivity index (χ1n) is 6.20. The van der Waals surface area contributed by atoms with Gasteiger partial charge in [-0.05, 0) is 12.8 Å². The molecule has 19 heavy (non-hydrogen) atoms. The van der Waals surface area contributed by atoms with Gasteiger partial charge in [0.05, 0.1) is 0 Å². The predicted molar refractivity (Wildman–Crippen MR) is 70.0 cm³/mol. The average molecular weight is 263 g/mol. The van der Waals surface area contributed by atoms with E-state index in [4.69, 9.17) is 5.11 Å². The predicted octanol–water partition coefficient (Wildman–Crippen LogP) is 2.61. The van der Waals surface area contributed by atoms with Gasteiger partial charge < -0.3 is 5.11 Å². The Kier molecular flexibility index (Phi) is 6.29. The van der Waals surface area contributed by atoms with E-state index in [1.807, 2.05) is 18.2 Å². The van der Waals surface area contributed by atoms with Crippen LogP contribution in [0.4, 0.5) is 4.79 Å². The summed E-state index contributed by atoms with van der Waals surface area (Å²) in [6.07, 6.45) is 1.31. The summed E-state index contributed by atoms with van der Waals surface area (Å²) in [6, 6.07) is 9.07. The largest absolute Gasteiger partial charge is 0.465 e. The van der Waals surface area contributed by atoms with Crippen LogP contribution in [0, 0.1) is 0 Å². The van der Waals surface area contributed by atoms with Crippen LogP contribution in [0.15, 0.2) is 30.3 Å². The number of hydrogen-bond acceptors (Lipinski definition) is 3. The van der Waals surface area contributed by atoms with Gasteiger partial charge >= 0.3 is 6.09 Å². The summed E-state index contributed by atoms with van der Waals surface area (Å²) in [4.78, 5) is 32.9. The Labute approximate surface area is 111 Å². The van der Waals surface area contributed by atoms with Gasteiger partial charge in [0.15, 0.2) is 5.78 Å². The molecule has 0 aromatic heterocycles. The number of imide groups is 1. The summed E-state index contributed by atoms with van der Waals surface area (Å²) in [5, 5.41) is 10.1. The fraction of sp³-hybridized carbons (Fsp3) is 0.357. The van der Waals surface area contributed by atoms with E-state index in [2.05, 4.69) is 0 Å². The van der Waals surface area contributed by atoms with E-state index in [-0.39, 0.29) is 12.2 Å². The molecule has 0 aliphatic carbocycles. The van der Waals surface area contributed by atoms with Crippen LogP contribution >= 0.6 is 0 Å². The Hall–Kier alpha value is -2.17. The number of Topliss-reactive ketones (excluding diaryl/α,β-unsaturated/α-hetero) is 1. The number of hydrogen-bond donors (Lipinski definition) is 2. The number of unbranched alkanes of at least 4 members (excludes halogenated alkanes) is 2. The van der Waals surface area contributed by atoms with Crippen molar-refractivity contribution in [2.75, 3.05) is 0 Å². The van der Waals surface area contributed by atoms with Crippen molar-refractivity contribution in [3.8, 4) is 0 Å². The minimum atomic E-state index is -1.33. The molecule has 1 aromatic carbocycles. The van der Waals surface area contributed by atoms with Gasteiger partial charge in [0.2, 0.25) is 5.91 Å². The molecule has 0 aliphatic rings. The molecule has 2 N–H and O–H groups in total. The van der Waals surface area contributed by atoms with Crippen LogP contribution in [0.3, 0.4) is 0 Å². The molecule has 0 aliphatic heterocycles. The lowest BCUT2D eigenvalue weighted by atomic mass is 10.0. The number of ketones is 1. The van der Waals surface area contributed by atoms with E-state index in [0.717, 1.165) is 6.42 Å². The zero-order valence-corrected chi connectivity index (χ0v) is 10.6. The van der Waals surface area contributed by atoms with Crippen molar-refractivity contribution >= 4 is 17.8 Å². The lowest BCUT2D eigenvalue weighted by molar-refractivity contribution is -0.120. The first kappa shape index (κ1) is 14.9. The molecule has 0 atom stereocenters. The number of benzene rings is 1. The summed E-state index contributed by atoms with van der Waals surface area (Å²) in [5.41, 5.74) is 0.700. The normalized spacial score (nSPS) is 9.89. The monoisotopic (exact) mass is 263 g/mol. The molecule has 5 heteroatoms. The third kappa shape index (κ3) is 6.35. The smallest absolute Gasteiger partial charge is 0.411 e. The third-order valence-electron chi connectivity index (χ3n) is 2.65. The molecule has 0 bridgehead atoms. The molecule has 0 saturated carbocycles. The van der Waals surface area contributed by atoms with E-state index in [9.17, 15) is 14.4 Å². The maximum atomic E-state index is 11.7. The molecule has 5 nitrogen and oxygen atoms in total. The highest BCUT2D eigenvalue weighted by Gasteiger charge is 2.06. The Balaban J connectivity index is 2.13. The number of amides is 2. The molecule has 0 unspecified atom stereocenters. The SMILES string of the molecule is O=C(O)NC(=O)CCCCCC(=O)c1ccccc1. The molecule has 102 valence electrons. The van der Waals surface area contributed by atoms with Gasteiger partial charge in [-0.25, -0.2) is 4.79 Å². The standard InChI is InChI=1S/C14H17NO4/c16-12(11-7-3-1-4-8-11)9-5-2-6-10-13(17)15-14(18)19/h1,3-4,7-8H,2,5-6,9-10H2,(H,15,17)(H,18,19). The van der Waals surface area contributed by atoms with Crippen molar-refractivity contribution < 1.29 is 19.5 Å². The average Bonchev–Trinajstić information content (AvgIpc) is 2.38. The molecule has 1 aromatic rings. The maximum Gasteiger partial charge on any atom is 0.411 e. The van der Waals surface area contributed by atoms with Gasteiger partial charge in [0.25, 0.3) is 0 Å². The topological polar surface area (TPSA) is 83.5 Å². The number of nitrogens with one attached hydrogen (secondary N) is 1. The van der Waals surface area contributed by atoms with Gasteiger partial charge in [0, 0.05) is 18.4 Å². The van der Waals surface area contributed by atoms with Crippen LogP contribution in [-0.2, 0) is 4.79 Å². The minimum Gasteiger partial charge on any atom is -0.465 e. The third-order valence-corrected chi connectivity index (χ3v) is 2.65. The first-order chi connectivity index (χ1) is 9.09.